The van der Waals surface area contributed by atoms with Crippen LogP contribution in [-0.2, 0) is 9.53 Å². The number of aromatic nitrogens is 2. The van der Waals surface area contributed by atoms with Crippen molar-refractivity contribution in [3.05, 3.63) is 18.7 Å². The van der Waals surface area contributed by atoms with E-state index < -0.39 is 6.04 Å². The molecule has 3 rings (SSSR count). The third-order valence-electron chi connectivity index (χ3n) is 5.03. The first-order valence-electron chi connectivity index (χ1n) is 9.08. The predicted molar refractivity (Wildman–Crippen MR) is 92.1 cm³/mol. The van der Waals surface area contributed by atoms with Gasteiger partial charge in [0.05, 0.1) is 19.5 Å². The fraction of sp³-hybridized carbons (Fsp3) is 0.706. The van der Waals surface area contributed by atoms with E-state index in [1.807, 2.05) is 24.3 Å². The van der Waals surface area contributed by atoms with Gasteiger partial charge >= 0.3 is 6.03 Å². The molecule has 1 aromatic rings. The van der Waals surface area contributed by atoms with Crippen molar-refractivity contribution in [1.29, 1.82) is 0 Å². The van der Waals surface area contributed by atoms with E-state index in [9.17, 15) is 9.59 Å². The highest BCUT2D eigenvalue weighted by atomic mass is 16.5. The minimum atomic E-state index is -0.461. The Bertz CT molecular complexity index is 563. The van der Waals surface area contributed by atoms with Crippen molar-refractivity contribution in [3.8, 4) is 0 Å². The molecule has 1 N–H and O–H groups in total. The zero-order valence-electron chi connectivity index (χ0n) is 14.8. The van der Waals surface area contributed by atoms with Gasteiger partial charge in [0.25, 0.3) is 0 Å². The molecule has 0 aromatic carbocycles. The summed E-state index contributed by atoms with van der Waals surface area (Å²) in [4.78, 5) is 32.8. The third kappa shape index (κ3) is 4.31. The summed E-state index contributed by atoms with van der Waals surface area (Å²) in [6.07, 6.45) is 7.97. The molecule has 2 aliphatic heterocycles. The van der Waals surface area contributed by atoms with Gasteiger partial charge in [-0.2, -0.15) is 0 Å². The molecule has 8 heteroatoms. The van der Waals surface area contributed by atoms with Crippen LogP contribution in [0, 0.1) is 0 Å². The maximum absolute atomic E-state index is 12.6. The fourth-order valence-electron chi connectivity index (χ4n) is 3.44. The van der Waals surface area contributed by atoms with Gasteiger partial charge in [-0.3, -0.25) is 4.79 Å². The first-order valence-corrected chi connectivity index (χ1v) is 9.08. The topological polar surface area (TPSA) is 79.7 Å². The molecule has 2 aliphatic rings. The third-order valence-corrected chi connectivity index (χ3v) is 5.03. The molecular weight excluding hydrogens is 322 g/mol. The minimum Gasteiger partial charge on any atom is -0.378 e. The number of piperidine rings is 1. The number of nitrogens with zero attached hydrogens (tertiary/aromatic N) is 4. The second kappa shape index (κ2) is 8.33. The van der Waals surface area contributed by atoms with Gasteiger partial charge in [-0.15, -0.1) is 0 Å². The lowest BCUT2D eigenvalue weighted by Crippen LogP contribution is -2.55. The van der Waals surface area contributed by atoms with Crippen molar-refractivity contribution in [2.24, 2.45) is 0 Å². The van der Waals surface area contributed by atoms with Gasteiger partial charge in [-0.05, 0) is 19.3 Å². The average molecular weight is 349 g/mol. The average Bonchev–Trinajstić information content (AvgIpc) is 3.21. The van der Waals surface area contributed by atoms with E-state index >= 15 is 0 Å². The van der Waals surface area contributed by atoms with E-state index in [0.29, 0.717) is 51.9 Å². The van der Waals surface area contributed by atoms with E-state index in [0.717, 1.165) is 12.8 Å². The van der Waals surface area contributed by atoms with Crippen LogP contribution in [0.3, 0.4) is 0 Å². The highest BCUT2D eigenvalue weighted by molar-refractivity contribution is 5.87. The fourth-order valence-corrected chi connectivity index (χ4v) is 3.44. The van der Waals surface area contributed by atoms with E-state index in [1.165, 1.54) is 0 Å². The number of hydrogen-bond acceptors (Lipinski definition) is 4. The van der Waals surface area contributed by atoms with Gasteiger partial charge in [-0.1, -0.05) is 6.92 Å². The first-order chi connectivity index (χ1) is 12.2. The van der Waals surface area contributed by atoms with Gasteiger partial charge in [0.15, 0.2) is 0 Å². The monoisotopic (exact) mass is 349 g/mol. The molecule has 3 heterocycles. The Labute approximate surface area is 148 Å². The van der Waals surface area contributed by atoms with Crippen molar-refractivity contribution >= 4 is 11.9 Å². The lowest BCUT2D eigenvalue weighted by atomic mass is 10.1. The number of nitrogens with one attached hydrogen (secondary N) is 1. The van der Waals surface area contributed by atoms with E-state index in [2.05, 4.69) is 14.9 Å². The molecule has 2 fully saturated rings. The van der Waals surface area contributed by atoms with Crippen molar-refractivity contribution in [2.75, 3.05) is 39.4 Å². The lowest BCUT2D eigenvalue weighted by molar-refractivity contribution is -0.137. The maximum Gasteiger partial charge on any atom is 0.318 e. The Morgan fingerprint density at radius 2 is 1.92 bits per heavy atom. The van der Waals surface area contributed by atoms with E-state index in [4.69, 9.17) is 4.74 Å². The summed E-state index contributed by atoms with van der Waals surface area (Å²) in [5.74, 6) is -0.00699. The summed E-state index contributed by atoms with van der Waals surface area (Å²) in [7, 11) is 0. The van der Waals surface area contributed by atoms with Gasteiger partial charge < -0.3 is 24.4 Å². The maximum atomic E-state index is 12.6. The number of likely N-dealkylation sites (tertiary alicyclic amines) is 1. The number of carbonyl (C=O) groups is 2. The van der Waals surface area contributed by atoms with Gasteiger partial charge in [-0.25, -0.2) is 9.78 Å². The molecule has 0 radical (unpaired) electrons. The molecule has 0 saturated carbocycles. The number of imidazole rings is 1. The summed E-state index contributed by atoms with van der Waals surface area (Å²) in [6, 6.07) is -0.210. The van der Waals surface area contributed by atoms with Gasteiger partial charge in [0, 0.05) is 44.6 Å². The number of urea groups is 1. The Kier molecular flexibility index (Phi) is 5.91. The van der Waals surface area contributed by atoms with Crippen molar-refractivity contribution in [2.45, 2.75) is 38.3 Å². The number of rotatable bonds is 4. The number of morpholine rings is 1. The molecule has 25 heavy (non-hydrogen) atoms. The van der Waals surface area contributed by atoms with Crippen LogP contribution in [0.2, 0.25) is 0 Å². The smallest absolute Gasteiger partial charge is 0.318 e. The molecule has 0 bridgehead atoms. The largest absolute Gasteiger partial charge is 0.378 e. The van der Waals surface area contributed by atoms with Crippen molar-refractivity contribution in [3.63, 3.8) is 0 Å². The Morgan fingerprint density at radius 1 is 1.20 bits per heavy atom. The summed E-state index contributed by atoms with van der Waals surface area (Å²) in [5, 5.41) is 2.92. The Morgan fingerprint density at radius 3 is 2.52 bits per heavy atom. The molecule has 3 amide bonds. The van der Waals surface area contributed by atoms with E-state index in [1.54, 1.807) is 11.1 Å². The van der Waals surface area contributed by atoms with Crippen LogP contribution < -0.4 is 5.32 Å². The van der Waals surface area contributed by atoms with Crippen molar-refractivity contribution < 1.29 is 14.3 Å². The highest BCUT2D eigenvalue weighted by Crippen LogP contribution is 2.22. The summed E-state index contributed by atoms with van der Waals surface area (Å²) in [6.45, 7) is 5.64. The SMILES string of the molecule is CC[C@H](NC(=O)N1CCC(n2ccnc2)CC1)C(=O)N1CCOCC1. The second-order valence-corrected chi connectivity index (χ2v) is 6.58. The predicted octanol–water partition coefficient (Wildman–Crippen LogP) is 0.867. The van der Waals surface area contributed by atoms with Crippen LogP contribution in [0.1, 0.15) is 32.2 Å². The molecule has 0 unspecified atom stereocenters. The Balaban J connectivity index is 1.49. The summed E-state index contributed by atoms with van der Waals surface area (Å²) in [5.41, 5.74) is 0. The quantitative estimate of drug-likeness (QED) is 0.875. The van der Waals surface area contributed by atoms with Crippen LogP contribution in [0.25, 0.3) is 0 Å². The van der Waals surface area contributed by atoms with Crippen LogP contribution in [0.15, 0.2) is 18.7 Å². The molecule has 2 saturated heterocycles. The van der Waals surface area contributed by atoms with Gasteiger partial charge in [0.2, 0.25) is 5.91 Å². The number of carbonyl (C=O) groups excluding carboxylic acids is 2. The first kappa shape index (κ1) is 17.7. The highest BCUT2D eigenvalue weighted by Gasteiger charge is 2.29. The zero-order chi connectivity index (χ0) is 17.6. The van der Waals surface area contributed by atoms with Crippen LogP contribution in [0.5, 0.6) is 0 Å². The summed E-state index contributed by atoms with van der Waals surface area (Å²) >= 11 is 0. The molecular formula is C17H27N5O3. The minimum absolute atomic E-state index is 0.00699. The molecule has 0 aliphatic carbocycles. The number of amides is 3. The van der Waals surface area contributed by atoms with Crippen molar-refractivity contribution in [1.82, 2.24) is 24.7 Å². The van der Waals surface area contributed by atoms with Gasteiger partial charge in [0.1, 0.15) is 6.04 Å². The molecule has 1 aromatic heterocycles. The van der Waals surface area contributed by atoms with Crippen LogP contribution in [0.4, 0.5) is 4.79 Å². The van der Waals surface area contributed by atoms with Crippen LogP contribution >= 0.6 is 0 Å². The standard InChI is InChI=1S/C17H27N5O3/c1-2-15(16(23)20-9-11-25-12-10-20)19-17(24)21-6-3-14(4-7-21)22-8-5-18-13-22/h5,8,13-15H,2-4,6-7,9-12H2,1H3,(H,19,24)/t15-/m0/s1. The lowest BCUT2D eigenvalue weighted by Gasteiger charge is -2.34. The number of ether oxygens (including phenoxy) is 1. The molecule has 8 nitrogen and oxygen atoms in total. The summed E-state index contributed by atoms with van der Waals surface area (Å²) < 4.78 is 7.39. The van der Waals surface area contributed by atoms with Crippen LogP contribution in [-0.4, -0.2) is 76.7 Å². The number of hydrogen-bond donors (Lipinski definition) is 1. The normalized spacial score (nSPS) is 20.4. The Hall–Kier alpha value is -2.09. The molecule has 1 atom stereocenters. The molecule has 138 valence electrons. The second-order valence-electron chi connectivity index (χ2n) is 6.58. The van der Waals surface area contributed by atoms with E-state index in [-0.39, 0.29) is 11.9 Å². The molecule has 0 spiro atoms. The zero-order valence-corrected chi connectivity index (χ0v) is 14.8.